The Morgan fingerprint density at radius 2 is 2.27 bits per heavy atom. The summed E-state index contributed by atoms with van der Waals surface area (Å²) in [5.74, 6) is 0. The predicted molar refractivity (Wildman–Crippen MR) is 49.5 cm³/mol. The maximum absolute atomic E-state index is 9.14. The predicted octanol–water partition coefficient (Wildman–Crippen LogP) is 0.624. The van der Waals surface area contributed by atoms with Crippen LogP contribution in [-0.2, 0) is 0 Å². The van der Waals surface area contributed by atoms with E-state index in [0.717, 1.165) is 10.5 Å². The molecule has 0 aromatic carbocycles. The van der Waals surface area contributed by atoms with E-state index in [0.29, 0.717) is 0 Å². The van der Waals surface area contributed by atoms with Crippen molar-refractivity contribution in [1.82, 2.24) is 4.98 Å². The van der Waals surface area contributed by atoms with Crippen molar-refractivity contribution in [2.24, 2.45) is 0 Å². The molecule has 0 unspecified atom stereocenters. The normalized spacial score (nSPS) is 9.73. The second kappa shape index (κ2) is 3.78. The van der Waals surface area contributed by atoms with Crippen LogP contribution in [0.4, 0.5) is 0 Å². The fourth-order valence-electron chi connectivity index (χ4n) is 0.760. The zero-order valence-corrected chi connectivity index (χ0v) is 7.43. The lowest BCUT2D eigenvalue weighted by Gasteiger charge is -1.99. The van der Waals surface area contributed by atoms with Gasteiger partial charge in [0.05, 0.1) is 5.03 Å². The molecule has 11 heavy (non-hydrogen) atoms. The van der Waals surface area contributed by atoms with Crippen LogP contribution >= 0.6 is 11.8 Å². The van der Waals surface area contributed by atoms with Gasteiger partial charge in [0.1, 0.15) is 0 Å². The Balaban J connectivity index is 2.83. The molecule has 0 saturated heterocycles. The maximum atomic E-state index is 9.14. The number of aromatic nitrogens is 1. The van der Waals surface area contributed by atoms with E-state index >= 15 is 0 Å². The second-order valence-corrected chi connectivity index (χ2v) is 3.14. The Labute approximate surface area is 71.2 Å². The van der Waals surface area contributed by atoms with E-state index in [1.165, 1.54) is 0 Å². The summed E-state index contributed by atoms with van der Waals surface area (Å²) in [4.78, 5) is 4.12. The largest absolute Gasteiger partial charge is 0.446 e. The Morgan fingerprint density at radius 1 is 1.55 bits per heavy atom. The van der Waals surface area contributed by atoms with Gasteiger partial charge in [-0.2, -0.15) is 0 Å². The highest BCUT2D eigenvalue weighted by Crippen LogP contribution is 2.07. The molecule has 0 bridgehead atoms. The van der Waals surface area contributed by atoms with Crippen molar-refractivity contribution in [3.8, 4) is 0 Å². The number of nitrogens with zero attached hydrogens (tertiary/aromatic N) is 1. The average Bonchev–Trinajstić information content (AvgIpc) is 2.05. The van der Waals surface area contributed by atoms with Gasteiger partial charge in [-0.15, -0.1) is 11.8 Å². The first-order valence-corrected chi connectivity index (χ1v) is 4.64. The van der Waals surface area contributed by atoms with Crippen LogP contribution in [0.2, 0.25) is 6.82 Å². The summed E-state index contributed by atoms with van der Waals surface area (Å²) in [6, 6.07) is 3.80. The minimum atomic E-state index is -0.418. The minimum absolute atomic E-state index is 0.418. The molecule has 0 aliphatic carbocycles. The van der Waals surface area contributed by atoms with Gasteiger partial charge < -0.3 is 5.02 Å². The van der Waals surface area contributed by atoms with Gasteiger partial charge in [0.2, 0.25) is 0 Å². The molecule has 0 atom stereocenters. The van der Waals surface area contributed by atoms with Crippen molar-refractivity contribution in [3.05, 3.63) is 18.3 Å². The van der Waals surface area contributed by atoms with Crippen LogP contribution in [0.5, 0.6) is 0 Å². The topological polar surface area (TPSA) is 33.1 Å². The van der Waals surface area contributed by atoms with Gasteiger partial charge in [0, 0.05) is 6.20 Å². The third kappa shape index (κ3) is 2.24. The Morgan fingerprint density at radius 3 is 2.64 bits per heavy atom. The minimum Gasteiger partial charge on any atom is -0.446 e. The number of pyridine rings is 1. The third-order valence-corrected chi connectivity index (χ3v) is 2.11. The molecule has 58 valence electrons. The average molecular weight is 167 g/mol. The van der Waals surface area contributed by atoms with Crippen LogP contribution in [0.25, 0.3) is 0 Å². The Hall–Kier alpha value is -0.475. The monoisotopic (exact) mass is 167 g/mol. The molecule has 1 aromatic rings. The molecule has 4 heteroatoms. The molecular weight excluding hydrogens is 157 g/mol. The molecule has 1 aromatic heterocycles. The van der Waals surface area contributed by atoms with Gasteiger partial charge in [0.25, 0.3) is 0 Å². The lowest BCUT2D eigenvalue weighted by atomic mass is 9.65. The van der Waals surface area contributed by atoms with E-state index in [1.807, 2.05) is 18.4 Å². The van der Waals surface area contributed by atoms with Crippen molar-refractivity contribution in [2.45, 2.75) is 11.8 Å². The zero-order chi connectivity index (χ0) is 8.27. The molecule has 2 nitrogen and oxygen atoms in total. The number of thioether (sulfide) groups is 1. The fraction of sp³-hybridized carbons (Fsp3) is 0.286. The molecule has 0 aliphatic heterocycles. The lowest BCUT2D eigenvalue weighted by molar-refractivity contribution is 0.593. The van der Waals surface area contributed by atoms with Gasteiger partial charge in [-0.1, -0.05) is 12.9 Å². The Kier molecular flexibility index (Phi) is 2.97. The van der Waals surface area contributed by atoms with Crippen LogP contribution in [0.1, 0.15) is 0 Å². The van der Waals surface area contributed by atoms with E-state index in [1.54, 1.807) is 24.8 Å². The summed E-state index contributed by atoms with van der Waals surface area (Å²) in [5, 5.41) is 10.1. The molecule has 0 saturated carbocycles. The number of hydrogen-bond acceptors (Lipinski definition) is 3. The van der Waals surface area contributed by atoms with Crippen LogP contribution < -0.4 is 5.46 Å². The van der Waals surface area contributed by atoms with Crippen molar-refractivity contribution >= 4 is 24.1 Å². The van der Waals surface area contributed by atoms with Crippen molar-refractivity contribution in [3.63, 3.8) is 0 Å². The van der Waals surface area contributed by atoms with Gasteiger partial charge in [0.15, 0.2) is 0 Å². The van der Waals surface area contributed by atoms with Crippen LogP contribution in [0.3, 0.4) is 0 Å². The summed E-state index contributed by atoms with van der Waals surface area (Å²) in [7, 11) is 0. The molecule has 0 radical (unpaired) electrons. The van der Waals surface area contributed by atoms with Gasteiger partial charge in [-0.3, -0.25) is 4.98 Å². The van der Waals surface area contributed by atoms with Gasteiger partial charge >= 0.3 is 6.92 Å². The molecule has 0 spiro atoms. The van der Waals surface area contributed by atoms with Crippen LogP contribution in [0, 0.1) is 0 Å². The highest BCUT2D eigenvalue weighted by atomic mass is 32.2. The smallest absolute Gasteiger partial charge is 0.321 e. The molecule has 0 fully saturated rings. The highest BCUT2D eigenvalue weighted by molar-refractivity contribution is 7.98. The zero-order valence-electron chi connectivity index (χ0n) is 6.61. The SMILES string of the molecule is CSc1ccc(B(C)O)cn1. The van der Waals surface area contributed by atoms with Gasteiger partial charge in [-0.05, 0) is 17.8 Å². The van der Waals surface area contributed by atoms with E-state index in [2.05, 4.69) is 4.98 Å². The fourth-order valence-corrected chi connectivity index (χ4v) is 1.12. The first-order chi connectivity index (χ1) is 5.24. The van der Waals surface area contributed by atoms with Crippen LogP contribution in [-0.4, -0.2) is 23.2 Å². The molecule has 0 amide bonds. The lowest BCUT2D eigenvalue weighted by Crippen LogP contribution is -2.26. The third-order valence-electron chi connectivity index (χ3n) is 1.45. The van der Waals surface area contributed by atoms with Crippen molar-refractivity contribution in [1.29, 1.82) is 0 Å². The summed E-state index contributed by atoms with van der Waals surface area (Å²) < 4.78 is 0. The van der Waals surface area contributed by atoms with E-state index < -0.39 is 6.92 Å². The summed E-state index contributed by atoms with van der Waals surface area (Å²) in [6.45, 7) is 1.31. The van der Waals surface area contributed by atoms with E-state index in [-0.39, 0.29) is 0 Å². The van der Waals surface area contributed by atoms with E-state index in [4.69, 9.17) is 5.02 Å². The van der Waals surface area contributed by atoms with Crippen molar-refractivity contribution in [2.75, 3.05) is 6.26 Å². The Bertz CT molecular complexity index is 224. The first kappa shape index (κ1) is 8.62. The van der Waals surface area contributed by atoms with E-state index in [9.17, 15) is 0 Å². The highest BCUT2D eigenvalue weighted by Gasteiger charge is 2.05. The van der Waals surface area contributed by atoms with Crippen molar-refractivity contribution < 1.29 is 5.02 Å². The standard InChI is InChI=1S/C7H10BNOS/c1-8(10)6-3-4-7(11-2)9-5-6/h3-5,10H,1-2H3. The quantitative estimate of drug-likeness (QED) is 0.517. The first-order valence-electron chi connectivity index (χ1n) is 3.42. The molecular formula is C7H10BNOS. The number of hydrogen-bond donors (Lipinski definition) is 1. The maximum Gasteiger partial charge on any atom is 0.321 e. The summed E-state index contributed by atoms with van der Waals surface area (Å²) in [6.07, 6.45) is 3.68. The molecule has 0 aliphatic rings. The second-order valence-electron chi connectivity index (χ2n) is 2.31. The molecule has 1 heterocycles. The molecule has 1 rings (SSSR count). The summed E-state index contributed by atoms with van der Waals surface area (Å²) in [5.41, 5.74) is 0.864. The molecule has 1 N–H and O–H groups in total. The summed E-state index contributed by atoms with van der Waals surface area (Å²) >= 11 is 1.60. The number of rotatable bonds is 2. The van der Waals surface area contributed by atoms with Crippen LogP contribution in [0.15, 0.2) is 23.4 Å². The van der Waals surface area contributed by atoms with Gasteiger partial charge in [-0.25, -0.2) is 0 Å².